The molecule has 0 N–H and O–H groups in total. The Balaban J connectivity index is 2.29. The zero-order chi connectivity index (χ0) is 11.8. The lowest BCUT2D eigenvalue weighted by molar-refractivity contribution is 0.111. The van der Waals surface area contributed by atoms with E-state index in [9.17, 15) is 4.79 Å². The minimum Gasteiger partial charge on any atom is -0.296 e. The Kier molecular flexibility index (Phi) is 2.29. The number of fused-ring (bicyclic) bond motifs is 1. The van der Waals surface area contributed by atoms with Gasteiger partial charge in [0.05, 0.1) is 0 Å². The second-order valence-electron chi connectivity index (χ2n) is 3.56. The summed E-state index contributed by atoms with van der Waals surface area (Å²) < 4.78 is 3.66. The molecule has 0 amide bonds. The lowest BCUT2D eigenvalue weighted by Gasteiger charge is -2.02. The van der Waals surface area contributed by atoms with Gasteiger partial charge in [0.15, 0.2) is 17.1 Å². The van der Waals surface area contributed by atoms with Crippen LogP contribution in [0.1, 0.15) is 23.2 Å². The van der Waals surface area contributed by atoms with Gasteiger partial charge in [-0.05, 0) is 0 Å². The number of rotatable bonds is 3. The molecule has 0 fully saturated rings. The average Bonchev–Trinajstić information content (AvgIpc) is 3.02. The molecule has 0 saturated heterocycles. The molecule has 86 valence electrons. The summed E-state index contributed by atoms with van der Waals surface area (Å²) in [5.74, 6) is 1.56. The third kappa shape index (κ3) is 1.41. The van der Waals surface area contributed by atoms with Crippen LogP contribution in [-0.2, 0) is 6.42 Å². The molecule has 0 radical (unpaired) electrons. The van der Waals surface area contributed by atoms with Crippen LogP contribution in [0.4, 0.5) is 0 Å². The Labute approximate surface area is 101 Å². The Bertz CT molecular complexity index is 679. The Morgan fingerprint density at radius 3 is 3.12 bits per heavy atom. The van der Waals surface area contributed by atoms with E-state index in [1.165, 1.54) is 11.3 Å². The van der Waals surface area contributed by atoms with E-state index in [1.807, 2.05) is 29.3 Å². The number of hydrogen-bond donors (Lipinski definition) is 0. The van der Waals surface area contributed by atoms with E-state index in [4.69, 9.17) is 0 Å². The summed E-state index contributed by atoms with van der Waals surface area (Å²) in [5.41, 5.74) is 0.564. The van der Waals surface area contributed by atoms with E-state index in [0.717, 1.165) is 23.5 Å². The fourth-order valence-corrected chi connectivity index (χ4v) is 2.58. The van der Waals surface area contributed by atoms with Gasteiger partial charge < -0.3 is 0 Å². The van der Waals surface area contributed by atoms with Crippen LogP contribution in [0.25, 0.3) is 10.8 Å². The van der Waals surface area contributed by atoms with Crippen molar-refractivity contribution < 1.29 is 4.79 Å². The first kappa shape index (κ1) is 10.2. The van der Waals surface area contributed by atoms with Crippen molar-refractivity contribution in [3.05, 3.63) is 35.5 Å². The van der Waals surface area contributed by atoms with Gasteiger partial charge in [0.25, 0.3) is 0 Å². The molecule has 0 aliphatic heterocycles. The minimum absolute atomic E-state index is 0.564. The standard InChI is InChI=1S/C11H10N4OS/c1-2-9-12-3-4-15(9)10-8(7-16)14-5-6-17-11(14)13-10/h3-7H,2H2,1H3. The molecule has 3 heterocycles. The van der Waals surface area contributed by atoms with Gasteiger partial charge >= 0.3 is 0 Å². The second kappa shape index (κ2) is 3.81. The highest BCUT2D eigenvalue weighted by Crippen LogP contribution is 2.20. The predicted octanol–water partition coefficient (Wildman–Crippen LogP) is 1.96. The van der Waals surface area contributed by atoms with Crippen LogP contribution in [0, 0.1) is 0 Å². The summed E-state index contributed by atoms with van der Waals surface area (Å²) in [5, 5.41) is 1.91. The van der Waals surface area contributed by atoms with Crippen molar-refractivity contribution in [2.45, 2.75) is 13.3 Å². The highest BCUT2D eigenvalue weighted by Gasteiger charge is 2.15. The second-order valence-corrected chi connectivity index (χ2v) is 4.43. The largest absolute Gasteiger partial charge is 0.296 e. The molecule has 0 aliphatic rings. The average molecular weight is 246 g/mol. The molecule has 17 heavy (non-hydrogen) atoms. The predicted molar refractivity (Wildman–Crippen MR) is 65.0 cm³/mol. The topological polar surface area (TPSA) is 52.2 Å². The van der Waals surface area contributed by atoms with Gasteiger partial charge in [0.1, 0.15) is 11.5 Å². The number of thiazole rings is 1. The SMILES string of the molecule is CCc1nccn1-c1nc2sccn2c1C=O. The number of hydrogen-bond acceptors (Lipinski definition) is 4. The minimum atomic E-state index is 0.564. The first-order valence-corrected chi connectivity index (χ1v) is 6.16. The lowest BCUT2D eigenvalue weighted by Crippen LogP contribution is -2.03. The summed E-state index contributed by atoms with van der Waals surface area (Å²) in [6.45, 7) is 2.03. The molecule has 0 unspecified atom stereocenters. The fraction of sp³-hybridized carbons (Fsp3) is 0.182. The normalized spacial score (nSPS) is 11.1. The van der Waals surface area contributed by atoms with E-state index in [0.29, 0.717) is 11.5 Å². The highest BCUT2D eigenvalue weighted by atomic mass is 32.1. The number of carbonyl (C=O) groups excluding carboxylic acids is 1. The van der Waals surface area contributed by atoms with Crippen LogP contribution in [0.15, 0.2) is 24.0 Å². The molecule has 0 atom stereocenters. The molecular weight excluding hydrogens is 236 g/mol. The molecule has 0 aromatic carbocycles. The Hall–Kier alpha value is -1.95. The van der Waals surface area contributed by atoms with E-state index >= 15 is 0 Å². The Morgan fingerprint density at radius 2 is 2.35 bits per heavy atom. The molecule has 5 nitrogen and oxygen atoms in total. The third-order valence-electron chi connectivity index (χ3n) is 2.65. The molecule has 3 rings (SSSR count). The quantitative estimate of drug-likeness (QED) is 0.664. The van der Waals surface area contributed by atoms with Crippen molar-refractivity contribution in [2.75, 3.05) is 0 Å². The van der Waals surface area contributed by atoms with Crippen molar-refractivity contribution in [3.8, 4) is 5.82 Å². The van der Waals surface area contributed by atoms with Gasteiger partial charge in [-0.2, -0.15) is 4.98 Å². The zero-order valence-corrected chi connectivity index (χ0v) is 10.0. The van der Waals surface area contributed by atoms with Gasteiger partial charge in [0.2, 0.25) is 0 Å². The summed E-state index contributed by atoms with van der Waals surface area (Å²) in [6, 6.07) is 0. The molecule has 0 spiro atoms. The van der Waals surface area contributed by atoms with Gasteiger partial charge in [-0.25, -0.2) is 4.98 Å². The molecule has 3 aromatic rings. The maximum Gasteiger partial charge on any atom is 0.196 e. The summed E-state index contributed by atoms with van der Waals surface area (Å²) in [4.78, 5) is 20.7. The van der Waals surface area contributed by atoms with Gasteiger partial charge in [-0.3, -0.25) is 13.8 Å². The van der Waals surface area contributed by atoms with Crippen LogP contribution < -0.4 is 0 Å². The van der Waals surface area contributed by atoms with Crippen molar-refractivity contribution in [3.63, 3.8) is 0 Å². The maximum atomic E-state index is 11.2. The van der Waals surface area contributed by atoms with E-state index in [-0.39, 0.29) is 0 Å². The fourth-order valence-electron chi connectivity index (χ4n) is 1.87. The van der Waals surface area contributed by atoms with Crippen LogP contribution in [0.5, 0.6) is 0 Å². The number of nitrogens with zero attached hydrogens (tertiary/aromatic N) is 4. The summed E-state index contributed by atoms with van der Waals surface area (Å²) in [6.07, 6.45) is 7.04. The number of aromatic nitrogens is 4. The summed E-state index contributed by atoms with van der Waals surface area (Å²) in [7, 11) is 0. The molecule has 0 aliphatic carbocycles. The molecule has 0 bridgehead atoms. The van der Waals surface area contributed by atoms with Crippen molar-refractivity contribution in [1.82, 2.24) is 18.9 Å². The maximum absolute atomic E-state index is 11.2. The van der Waals surface area contributed by atoms with Crippen LogP contribution in [0.2, 0.25) is 0 Å². The van der Waals surface area contributed by atoms with Crippen LogP contribution >= 0.6 is 11.3 Å². The third-order valence-corrected chi connectivity index (χ3v) is 3.41. The van der Waals surface area contributed by atoms with E-state index in [1.54, 1.807) is 10.6 Å². The van der Waals surface area contributed by atoms with Gasteiger partial charge in [-0.1, -0.05) is 6.92 Å². The Morgan fingerprint density at radius 1 is 1.47 bits per heavy atom. The smallest absolute Gasteiger partial charge is 0.196 e. The monoisotopic (exact) mass is 246 g/mol. The van der Waals surface area contributed by atoms with E-state index in [2.05, 4.69) is 9.97 Å². The first-order valence-electron chi connectivity index (χ1n) is 5.28. The van der Waals surface area contributed by atoms with Gasteiger partial charge in [0, 0.05) is 30.4 Å². The number of imidazole rings is 2. The van der Waals surface area contributed by atoms with E-state index < -0.39 is 0 Å². The molecule has 3 aromatic heterocycles. The van der Waals surface area contributed by atoms with Crippen molar-refractivity contribution in [2.24, 2.45) is 0 Å². The molecular formula is C11H10N4OS. The van der Waals surface area contributed by atoms with Crippen molar-refractivity contribution in [1.29, 1.82) is 0 Å². The zero-order valence-electron chi connectivity index (χ0n) is 9.20. The highest BCUT2D eigenvalue weighted by molar-refractivity contribution is 7.15. The number of aryl methyl sites for hydroxylation is 1. The first-order chi connectivity index (χ1) is 8.35. The number of aldehydes is 1. The van der Waals surface area contributed by atoms with Crippen LogP contribution in [0.3, 0.4) is 0 Å². The van der Waals surface area contributed by atoms with Gasteiger partial charge in [-0.15, -0.1) is 11.3 Å². The lowest BCUT2D eigenvalue weighted by atomic mass is 10.4. The summed E-state index contributed by atoms with van der Waals surface area (Å²) >= 11 is 1.51. The molecule has 6 heteroatoms. The number of carbonyl (C=O) groups is 1. The van der Waals surface area contributed by atoms with Crippen molar-refractivity contribution >= 4 is 22.6 Å². The molecule has 0 saturated carbocycles. The van der Waals surface area contributed by atoms with Crippen LogP contribution in [-0.4, -0.2) is 25.2 Å².